The van der Waals surface area contributed by atoms with Gasteiger partial charge < -0.3 is 9.72 Å². The van der Waals surface area contributed by atoms with E-state index in [1.54, 1.807) is 6.20 Å². The summed E-state index contributed by atoms with van der Waals surface area (Å²) in [7, 11) is 0. The molecule has 0 fully saturated rings. The average molecular weight is 579 g/mol. The van der Waals surface area contributed by atoms with Gasteiger partial charge in [-0.25, -0.2) is 0 Å². The quantitative estimate of drug-likeness (QED) is 0.224. The molecule has 0 saturated heterocycles. The molecule has 0 aliphatic carbocycles. The van der Waals surface area contributed by atoms with Gasteiger partial charge in [0.15, 0.2) is 0 Å². The van der Waals surface area contributed by atoms with Crippen LogP contribution in [-0.4, -0.2) is 9.97 Å². The first kappa shape index (κ1) is 20.9. The maximum Gasteiger partial charge on any atom is 0.104 e. The molecular formula is C27H18IrN2O-2. The molecule has 1 aliphatic rings. The van der Waals surface area contributed by atoms with E-state index in [1.165, 1.54) is 0 Å². The van der Waals surface area contributed by atoms with Crippen molar-refractivity contribution in [2.75, 3.05) is 0 Å². The molecule has 2 aromatic heterocycles. The number of ether oxygens (including phenoxy) is 1. The summed E-state index contributed by atoms with van der Waals surface area (Å²) in [6, 6.07) is 36.2. The maximum absolute atomic E-state index is 5.78. The Hall–Kier alpha value is -3.33. The van der Waals surface area contributed by atoms with E-state index in [1.807, 2.05) is 72.8 Å². The van der Waals surface area contributed by atoms with Crippen LogP contribution in [0.5, 0.6) is 5.75 Å². The van der Waals surface area contributed by atoms with Gasteiger partial charge in [0.1, 0.15) is 5.75 Å². The fraction of sp³-hybridized carbons (Fsp3) is 0.0370. The van der Waals surface area contributed by atoms with Crippen molar-refractivity contribution in [1.82, 2.24) is 9.97 Å². The van der Waals surface area contributed by atoms with E-state index >= 15 is 0 Å². The summed E-state index contributed by atoms with van der Waals surface area (Å²) in [5.74, 6) is 0.851. The third kappa shape index (κ3) is 4.56. The molecule has 0 spiro atoms. The number of hydrogen-bond donors (Lipinski definition) is 0. The monoisotopic (exact) mass is 579 g/mol. The number of benzene rings is 3. The first-order chi connectivity index (χ1) is 14.9. The molecular weight excluding hydrogens is 561 g/mol. The van der Waals surface area contributed by atoms with E-state index in [9.17, 15) is 0 Å². The summed E-state index contributed by atoms with van der Waals surface area (Å²) < 4.78 is 5.78. The van der Waals surface area contributed by atoms with Gasteiger partial charge in [-0.1, -0.05) is 35.9 Å². The van der Waals surface area contributed by atoms with Crippen LogP contribution in [0.25, 0.3) is 33.4 Å². The fourth-order valence-corrected chi connectivity index (χ4v) is 3.43. The smallest absolute Gasteiger partial charge is 0.104 e. The SMILES string of the molecule is [Ir].[c-]1cccc2c1-c1nc3ccccc3cc1OC2.[c-]1ccccc1-c1ccccn1. The van der Waals surface area contributed by atoms with E-state index in [4.69, 9.17) is 9.72 Å². The Balaban J connectivity index is 0.000000156. The van der Waals surface area contributed by atoms with Crippen LogP contribution in [0.15, 0.2) is 97.2 Å². The van der Waals surface area contributed by atoms with Gasteiger partial charge in [0.2, 0.25) is 0 Å². The molecule has 3 aromatic carbocycles. The molecule has 0 N–H and O–H groups in total. The molecule has 5 aromatic rings. The van der Waals surface area contributed by atoms with E-state index in [2.05, 4.69) is 35.3 Å². The summed E-state index contributed by atoms with van der Waals surface area (Å²) in [4.78, 5) is 8.92. The zero-order chi connectivity index (χ0) is 20.2. The predicted molar refractivity (Wildman–Crippen MR) is 119 cm³/mol. The van der Waals surface area contributed by atoms with Crippen molar-refractivity contribution in [1.29, 1.82) is 0 Å². The van der Waals surface area contributed by atoms with E-state index in [-0.39, 0.29) is 20.1 Å². The zero-order valence-corrected chi connectivity index (χ0v) is 19.0. The summed E-state index contributed by atoms with van der Waals surface area (Å²) in [6.07, 6.45) is 1.79. The Labute approximate surface area is 195 Å². The van der Waals surface area contributed by atoms with Gasteiger partial charge in [-0.15, -0.1) is 65.7 Å². The van der Waals surface area contributed by atoms with E-state index in [0.717, 1.165) is 44.7 Å². The van der Waals surface area contributed by atoms with Gasteiger partial charge in [-0.05, 0) is 23.9 Å². The summed E-state index contributed by atoms with van der Waals surface area (Å²) in [6.45, 7) is 0.597. The molecule has 3 nitrogen and oxygen atoms in total. The van der Waals surface area contributed by atoms with Gasteiger partial charge in [0, 0.05) is 37.4 Å². The second-order valence-electron chi connectivity index (χ2n) is 6.88. The number of fused-ring (bicyclic) bond motifs is 4. The maximum atomic E-state index is 5.78. The van der Waals surface area contributed by atoms with Crippen LogP contribution in [-0.2, 0) is 26.7 Å². The van der Waals surface area contributed by atoms with Crippen molar-refractivity contribution in [3.63, 3.8) is 0 Å². The van der Waals surface area contributed by atoms with Crippen molar-refractivity contribution in [2.24, 2.45) is 0 Å². The van der Waals surface area contributed by atoms with E-state index in [0.29, 0.717) is 6.61 Å². The van der Waals surface area contributed by atoms with Gasteiger partial charge in [0.25, 0.3) is 0 Å². The Kier molecular flexibility index (Phi) is 6.51. The number of rotatable bonds is 1. The average Bonchev–Trinajstić information content (AvgIpc) is 2.84. The van der Waals surface area contributed by atoms with Crippen LogP contribution < -0.4 is 4.74 Å². The fourth-order valence-electron chi connectivity index (χ4n) is 3.43. The Morgan fingerprint density at radius 1 is 0.806 bits per heavy atom. The molecule has 0 saturated carbocycles. The second kappa shape index (κ2) is 9.65. The van der Waals surface area contributed by atoms with Crippen LogP contribution in [0.4, 0.5) is 0 Å². The third-order valence-electron chi connectivity index (χ3n) is 4.90. The number of aromatic nitrogens is 2. The van der Waals surface area contributed by atoms with Gasteiger partial charge in [-0.2, -0.15) is 0 Å². The molecule has 0 bridgehead atoms. The van der Waals surface area contributed by atoms with E-state index < -0.39 is 0 Å². The first-order valence-electron chi connectivity index (χ1n) is 9.79. The van der Waals surface area contributed by atoms with Crippen LogP contribution in [0, 0.1) is 12.1 Å². The summed E-state index contributed by atoms with van der Waals surface area (Å²) >= 11 is 0. The molecule has 0 atom stereocenters. The van der Waals surface area contributed by atoms with Crippen molar-refractivity contribution in [2.45, 2.75) is 6.61 Å². The molecule has 153 valence electrons. The molecule has 3 heterocycles. The van der Waals surface area contributed by atoms with Gasteiger partial charge >= 0.3 is 0 Å². The number of nitrogens with zero attached hydrogens (tertiary/aromatic N) is 2. The predicted octanol–water partition coefficient (Wildman–Crippen LogP) is 6.14. The van der Waals surface area contributed by atoms with Crippen LogP contribution in [0.3, 0.4) is 0 Å². The normalized spacial score (nSPS) is 11.1. The minimum atomic E-state index is 0. The van der Waals surface area contributed by atoms with Crippen molar-refractivity contribution in [3.8, 4) is 28.3 Å². The Morgan fingerprint density at radius 2 is 1.65 bits per heavy atom. The first-order valence-corrected chi connectivity index (χ1v) is 9.79. The number of hydrogen-bond acceptors (Lipinski definition) is 3. The van der Waals surface area contributed by atoms with Crippen LogP contribution in [0.1, 0.15) is 5.56 Å². The van der Waals surface area contributed by atoms with Crippen LogP contribution >= 0.6 is 0 Å². The zero-order valence-electron chi connectivity index (χ0n) is 16.6. The molecule has 6 rings (SSSR count). The second-order valence-corrected chi connectivity index (χ2v) is 6.88. The Bertz CT molecular complexity index is 1250. The molecule has 1 radical (unpaired) electrons. The van der Waals surface area contributed by atoms with Crippen molar-refractivity contribution < 1.29 is 24.8 Å². The van der Waals surface area contributed by atoms with Gasteiger partial charge in [-0.3, -0.25) is 4.98 Å². The largest absolute Gasteiger partial charge is 0.506 e. The third-order valence-corrected chi connectivity index (χ3v) is 4.90. The van der Waals surface area contributed by atoms with Crippen LogP contribution in [0.2, 0.25) is 0 Å². The summed E-state index contributed by atoms with van der Waals surface area (Å²) in [5, 5.41) is 1.11. The minimum absolute atomic E-state index is 0. The molecule has 0 unspecified atom stereocenters. The van der Waals surface area contributed by atoms with Crippen molar-refractivity contribution >= 4 is 10.9 Å². The van der Waals surface area contributed by atoms with Gasteiger partial charge in [0.05, 0.1) is 12.1 Å². The molecule has 4 heteroatoms. The molecule has 31 heavy (non-hydrogen) atoms. The summed E-state index contributed by atoms with van der Waals surface area (Å²) in [5.41, 5.74) is 6.11. The number of para-hydroxylation sites is 1. The molecule has 0 amide bonds. The Morgan fingerprint density at radius 3 is 2.48 bits per heavy atom. The number of pyridine rings is 2. The topological polar surface area (TPSA) is 35.0 Å². The molecule has 1 aliphatic heterocycles. The van der Waals surface area contributed by atoms with Crippen molar-refractivity contribution in [3.05, 3.63) is 115 Å². The minimum Gasteiger partial charge on any atom is -0.506 e. The standard InChI is InChI=1S/C16H10NO.C11H8N.Ir/c1-3-7-13-12(6-1)10-18-15-9-11-5-2-4-8-14(11)17-16(13)15;1-2-6-10(7-3-1)11-8-4-5-9-12-11;/h1-6,8-9H,10H2;1-6,8-9H;/q2*-1;.